The van der Waals surface area contributed by atoms with Crippen LogP contribution in [0, 0.1) is 0 Å². The summed E-state index contributed by atoms with van der Waals surface area (Å²) in [5, 5.41) is 10.6. The van der Waals surface area contributed by atoms with Crippen LogP contribution in [0.3, 0.4) is 0 Å². The molecule has 0 amide bonds. The maximum atomic E-state index is 10.6. The third kappa shape index (κ3) is 3.58. The van der Waals surface area contributed by atoms with Crippen LogP contribution in [0.4, 0.5) is 0 Å². The van der Waals surface area contributed by atoms with Gasteiger partial charge in [0.15, 0.2) is 0 Å². The van der Waals surface area contributed by atoms with Gasteiger partial charge in [0.1, 0.15) is 0 Å². The molecule has 18 heavy (non-hydrogen) atoms. The molecule has 0 aliphatic heterocycles. The molecule has 0 heterocycles. The fraction of sp³-hybridized carbons (Fsp3) is 0.647. The van der Waals surface area contributed by atoms with Gasteiger partial charge in [-0.15, -0.1) is 0 Å². The minimum atomic E-state index is -0.450. The smallest absolute Gasteiger partial charge is 0.0728 e. The van der Waals surface area contributed by atoms with E-state index in [4.69, 9.17) is 0 Å². The van der Waals surface area contributed by atoms with E-state index in [9.17, 15) is 5.11 Å². The predicted octanol–water partition coefficient (Wildman–Crippen LogP) is 4.27. The zero-order valence-corrected chi connectivity index (χ0v) is 11.6. The quantitative estimate of drug-likeness (QED) is 0.712. The molecule has 1 aliphatic rings. The van der Waals surface area contributed by atoms with Crippen LogP contribution >= 0.6 is 0 Å². The molecule has 0 fully saturated rings. The SMILES string of the molecule is CCCCCCCCC1(O)Cc2ccccc2C1. The normalized spacial score (nSPS) is 16.8. The van der Waals surface area contributed by atoms with Crippen LogP contribution < -0.4 is 0 Å². The van der Waals surface area contributed by atoms with Crippen LogP contribution in [-0.4, -0.2) is 10.7 Å². The first kappa shape index (κ1) is 13.6. The fourth-order valence-electron chi connectivity index (χ4n) is 3.09. The molecule has 0 saturated heterocycles. The summed E-state index contributed by atoms with van der Waals surface area (Å²) in [6.45, 7) is 2.25. The van der Waals surface area contributed by atoms with E-state index in [0.717, 1.165) is 19.3 Å². The first-order chi connectivity index (χ1) is 8.73. The largest absolute Gasteiger partial charge is 0.389 e. The number of fused-ring (bicyclic) bond motifs is 1. The predicted molar refractivity (Wildman–Crippen MR) is 76.8 cm³/mol. The van der Waals surface area contributed by atoms with E-state index in [2.05, 4.69) is 31.2 Å². The van der Waals surface area contributed by atoms with Crippen molar-refractivity contribution < 1.29 is 5.11 Å². The minimum absolute atomic E-state index is 0.450. The van der Waals surface area contributed by atoms with Crippen LogP contribution in [0.25, 0.3) is 0 Å². The van der Waals surface area contributed by atoms with Gasteiger partial charge in [-0.05, 0) is 17.5 Å². The van der Waals surface area contributed by atoms with E-state index in [0.29, 0.717) is 0 Å². The fourth-order valence-corrected chi connectivity index (χ4v) is 3.09. The summed E-state index contributed by atoms with van der Waals surface area (Å²) >= 11 is 0. The van der Waals surface area contributed by atoms with E-state index in [1.54, 1.807) is 0 Å². The van der Waals surface area contributed by atoms with Gasteiger partial charge in [-0.1, -0.05) is 69.7 Å². The van der Waals surface area contributed by atoms with E-state index in [1.807, 2.05) is 0 Å². The topological polar surface area (TPSA) is 20.2 Å². The molecule has 1 heteroatoms. The van der Waals surface area contributed by atoms with Crippen molar-refractivity contribution in [1.29, 1.82) is 0 Å². The minimum Gasteiger partial charge on any atom is -0.389 e. The summed E-state index contributed by atoms with van der Waals surface area (Å²) in [6.07, 6.45) is 10.5. The van der Waals surface area contributed by atoms with Crippen LogP contribution in [0.1, 0.15) is 63.0 Å². The molecule has 1 nitrogen and oxygen atoms in total. The van der Waals surface area contributed by atoms with Crippen molar-refractivity contribution in [2.45, 2.75) is 70.3 Å². The maximum Gasteiger partial charge on any atom is 0.0728 e. The number of rotatable bonds is 7. The summed E-state index contributed by atoms with van der Waals surface area (Å²) in [7, 11) is 0. The molecule has 1 aliphatic carbocycles. The number of benzene rings is 1. The van der Waals surface area contributed by atoms with E-state index >= 15 is 0 Å². The molecule has 0 spiro atoms. The lowest BCUT2D eigenvalue weighted by Crippen LogP contribution is -2.28. The Morgan fingerprint density at radius 3 is 2.11 bits per heavy atom. The third-order valence-corrected chi connectivity index (χ3v) is 4.15. The maximum absolute atomic E-state index is 10.6. The van der Waals surface area contributed by atoms with E-state index < -0.39 is 5.60 Å². The summed E-state index contributed by atoms with van der Waals surface area (Å²) in [5.41, 5.74) is 2.26. The van der Waals surface area contributed by atoms with Crippen LogP contribution in [-0.2, 0) is 12.8 Å². The molecule has 1 aromatic rings. The van der Waals surface area contributed by atoms with Gasteiger partial charge in [0.05, 0.1) is 5.60 Å². The molecule has 0 radical (unpaired) electrons. The van der Waals surface area contributed by atoms with Crippen molar-refractivity contribution >= 4 is 0 Å². The van der Waals surface area contributed by atoms with Gasteiger partial charge in [0.2, 0.25) is 0 Å². The second-order valence-corrected chi connectivity index (χ2v) is 5.86. The van der Waals surface area contributed by atoms with Crippen molar-refractivity contribution in [1.82, 2.24) is 0 Å². The van der Waals surface area contributed by atoms with Gasteiger partial charge in [0.25, 0.3) is 0 Å². The Morgan fingerprint density at radius 1 is 0.944 bits per heavy atom. The molecule has 1 N–H and O–H groups in total. The third-order valence-electron chi connectivity index (χ3n) is 4.15. The standard InChI is InChI=1S/C17H26O/c1-2-3-4-5-6-9-12-17(18)13-15-10-7-8-11-16(15)14-17/h7-8,10-11,18H,2-6,9,12-14H2,1H3. The van der Waals surface area contributed by atoms with Crippen molar-refractivity contribution in [2.75, 3.05) is 0 Å². The summed E-state index contributed by atoms with van der Waals surface area (Å²) in [6, 6.07) is 8.48. The van der Waals surface area contributed by atoms with Crippen molar-refractivity contribution in [3.63, 3.8) is 0 Å². The average molecular weight is 246 g/mol. The van der Waals surface area contributed by atoms with Crippen LogP contribution in [0.15, 0.2) is 24.3 Å². The first-order valence-corrected chi connectivity index (χ1v) is 7.53. The lowest BCUT2D eigenvalue weighted by molar-refractivity contribution is 0.0396. The van der Waals surface area contributed by atoms with Gasteiger partial charge in [-0.25, -0.2) is 0 Å². The van der Waals surface area contributed by atoms with Crippen molar-refractivity contribution in [3.05, 3.63) is 35.4 Å². The molecule has 0 unspecified atom stereocenters. The Bertz CT molecular complexity index is 345. The van der Waals surface area contributed by atoms with Crippen LogP contribution in [0.5, 0.6) is 0 Å². The molecule has 1 aromatic carbocycles. The Labute approximate surface area is 111 Å². The molecular weight excluding hydrogens is 220 g/mol. The first-order valence-electron chi connectivity index (χ1n) is 7.53. The molecule has 0 saturated carbocycles. The highest BCUT2D eigenvalue weighted by molar-refractivity contribution is 5.35. The zero-order valence-electron chi connectivity index (χ0n) is 11.6. The summed E-state index contributed by atoms with van der Waals surface area (Å²) in [4.78, 5) is 0. The second-order valence-electron chi connectivity index (χ2n) is 5.86. The highest BCUT2D eigenvalue weighted by Gasteiger charge is 2.33. The van der Waals surface area contributed by atoms with Gasteiger partial charge >= 0.3 is 0 Å². The van der Waals surface area contributed by atoms with Gasteiger partial charge in [0, 0.05) is 12.8 Å². The second kappa shape index (κ2) is 6.38. The molecule has 0 aromatic heterocycles. The molecule has 0 atom stereocenters. The summed E-state index contributed by atoms with van der Waals surface area (Å²) in [5.74, 6) is 0. The highest BCUT2D eigenvalue weighted by atomic mass is 16.3. The zero-order chi connectivity index (χ0) is 12.8. The monoisotopic (exact) mass is 246 g/mol. The molecule has 0 bridgehead atoms. The average Bonchev–Trinajstić information content (AvgIpc) is 2.70. The Hall–Kier alpha value is -0.820. The Balaban J connectivity index is 1.71. The Kier molecular flexibility index (Phi) is 4.82. The lowest BCUT2D eigenvalue weighted by Gasteiger charge is -2.22. The summed E-state index contributed by atoms with van der Waals surface area (Å²) < 4.78 is 0. The number of unbranched alkanes of at least 4 members (excludes halogenated alkanes) is 5. The number of hydrogen-bond donors (Lipinski definition) is 1. The van der Waals surface area contributed by atoms with Gasteiger partial charge in [-0.3, -0.25) is 0 Å². The molecular formula is C17H26O. The van der Waals surface area contributed by atoms with Crippen molar-refractivity contribution in [2.24, 2.45) is 0 Å². The van der Waals surface area contributed by atoms with E-state index in [1.165, 1.54) is 49.7 Å². The Morgan fingerprint density at radius 2 is 1.50 bits per heavy atom. The lowest BCUT2D eigenvalue weighted by atomic mass is 9.92. The highest BCUT2D eigenvalue weighted by Crippen LogP contribution is 2.33. The van der Waals surface area contributed by atoms with Crippen LogP contribution in [0.2, 0.25) is 0 Å². The van der Waals surface area contributed by atoms with Gasteiger partial charge < -0.3 is 5.11 Å². The van der Waals surface area contributed by atoms with Crippen molar-refractivity contribution in [3.8, 4) is 0 Å². The number of hydrogen-bond acceptors (Lipinski definition) is 1. The van der Waals surface area contributed by atoms with E-state index in [-0.39, 0.29) is 0 Å². The number of aliphatic hydroxyl groups is 1. The molecule has 100 valence electrons. The molecule has 2 rings (SSSR count). The van der Waals surface area contributed by atoms with Gasteiger partial charge in [-0.2, -0.15) is 0 Å².